The SMILES string of the molecule is CCCCCCn1cncc1C1CNCCO1. The summed E-state index contributed by atoms with van der Waals surface area (Å²) in [6.07, 6.45) is 9.20. The van der Waals surface area contributed by atoms with Gasteiger partial charge in [-0.15, -0.1) is 0 Å². The molecule has 4 nitrogen and oxygen atoms in total. The Morgan fingerprint density at radius 1 is 1.47 bits per heavy atom. The summed E-state index contributed by atoms with van der Waals surface area (Å²) in [4.78, 5) is 4.25. The van der Waals surface area contributed by atoms with Gasteiger partial charge in [-0.1, -0.05) is 26.2 Å². The molecular weight excluding hydrogens is 214 g/mol. The van der Waals surface area contributed by atoms with E-state index < -0.39 is 0 Å². The number of nitrogens with zero attached hydrogens (tertiary/aromatic N) is 2. The first-order valence-corrected chi connectivity index (χ1v) is 6.74. The maximum Gasteiger partial charge on any atom is 0.111 e. The van der Waals surface area contributed by atoms with E-state index in [0.29, 0.717) is 0 Å². The molecule has 1 unspecified atom stereocenters. The molecule has 0 aliphatic carbocycles. The fraction of sp³-hybridized carbons (Fsp3) is 0.769. The van der Waals surface area contributed by atoms with E-state index in [9.17, 15) is 0 Å². The quantitative estimate of drug-likeness (QED) is 0.770. The van der Waals surface area contributed by atoms with Crippen molar-refractivity contribution >= 4 is 0 Å². The molecule has 1 atom stereocenters. The first-order chi connectivity index (χ1) is 8.42. The molecule has 0 spiro atoms. The number of nitrogens with one attached hydrogen (secondary N) is 1. The lowest BCUT2D eigenvalue weighted by atomic mass is 10.2. The van der Waals surface area contributed by atoms with Gasteiger partial charge in [0.15, 0.2) is 0 Å². The summed E-state index contributed by atoms with van der Waals surface area (Å²) in [5, 5.41) is 3.36. The molecule has 1 aliphatic rings. The largest absolute Gasteiger partial charge is 0.369 e. The van der Waals surface area contributed by atoms with E-state index in [1.54, 1.807) is 0 Å². The molecule has 2 rings (SSSR count). The highest BCUT2D eigenvalue weighted by Gasteiger charge is 2.18. The minimum absolute atomic E-state index is 0.178. The van der Waals surface area contributed by atoms with E-state index in [2.05, 4.69) is 21.8 Å². The molecule has 0 aromatic carbocycles. The summed E-state index contributed by atoms with van der Waals surface area (Å²) in [6, 6.07) is 0. The lowest BCUT2D eigenvalue weighted by molar-refractivity contribution is 0.0227. The molecule has 1 N–H and O–H groups in total. The molecule has 1 aromatic heterocycles. The summed E-state index contributed by atoms with van der Waals surface area (Å²) < 4.78 is 8.01. The predicted octanol–water partition coefficient (Wildman–Crippen LogP) is 2.12. The van der Waals surface area contributed by atoms with Crippen molar-refractivity contribution in [2.45, 2.75) is 45.3 Å². The second kappa shape index (κ2) is 6.77. The van der Waals surface area contributed by atoms with Crippen LogP contribution in [0, 0.1) is 0 Å². The topological polar surface area (TPSA) is 39.1 Å². The van der Waals surface area contributed by atoms with Crippen LogP contribution in [0.2, 0.25) is 0 Å². The summed E-state index contributed by atoms with van der Waals surface area (Å²) in [5.41, 5.74) is 1.22. The van der Waals surface area contributed by atoms with Crippen LogP contribution in [0.4, 0.5) is 0 Å². The van der Waals surface area contributed by atoms with Crippen LogP contribution < -0.4 is 5.32 Å². The molecule has 4 heteroatoms. The highest BCUT2D eigenvalue weighted by molar-refractivity contribution is 5.04. The van der Waals surface area contributed by atoms with Gasteiger partial charge in [0.05, 0.1) is 24.8 Å². The Labute approximate surface area is 103 Å². The number of morpholine rings is 1. The van der Waals surface area contributed by atoms with Gasteiger partial charge in [-0.05, 0) is 6.42 Å². The summed E-state index contributed by atoms with van der Waals surface area (Å²) >= 11 is 0. The van der Waals surface area contributed by atoms with Gasteiger partial charge in [-0.3, -0.25) is 0 Å². The molecule has 0 bridgehead atoms. The van der Waals surface area contributed by atoms with Crippen LogP contribution in [0.25, 0.3) is 0 Å². The van der Waals surface area contributed by atoms with Gasteiger partial charge in [0.1, 0.15) is 6.10 Å². The van der Waals surface area contributed by atoms with Gasteiger partial charge in [0, 0.05) is 19.6 Å². The van der Waals surface area contributed by atoms with E-state index in [1.165, 1.54) is 31.4 Å². The molecule has 0 amide bonds. The van der Waals surface area contributed by atoms with Crippen LogP contribution in [-0.2, 0) is 11.3 Å². The van der Waals surface area contributed by atoms with E-state index in [0.717, 1.165) is 26.2 Å². The van der Waals surface area contributed by atoms with E-state index >= 15 is 0 Å². The second-order valence-corrected chi connectivity index (χ2v) is 4.64. The monoisotopic (exact) mass is 237 g/mol. The maximum atomic E-state index is 5.77. The third kappa shape index (κ3) is 3.54. The molecule has 0 saturated carbocycles. The van der Waals surface area contributed by atoms with E-state index in [-0.39, 0.29) is 6.10 Å². The molecule has 1 fully saturated rings. The predicted molar refractivity (Wildman–Crippen MR) is 67.9 cm³/mol. The standard InChI is InChI=1S/C13H23N3O/c1-2-3-4-5-7-16-11-15-9-12(16)13-10-14-6-8-17-13/h9,11,13-14H,2-8,10H2,1H3. The highest BCUT2D eigenvalue weighted by Crippen LogP contribution is 2.18. The maximum absolute atomic E-state index is 5.77. The van der Waals surface area contributed by atoms with Crippen molar-refractivity contribution in [3.63, 3.8) is 0 Å². The Hall–Kier alpha value is -0.870. The summed E-state index contributed by atoms with van der Waals surface area (Å²) in [7, 11) is 0. The molecule has 17 heavy (non-hydrogen) atoms. The van der Waals surface area contributed by atoms with Crippen LogP contribution in [0.1, 0.15) is 44.4 Å². The lowest BCUT2D eigenvalue weighted by Gasteiger charge is -2.24. The third-order valence-electron chi connectivity index (χ3n) is 3.25. The number of rotatable bonds is 6. The number of imidazole rings is 1. The van der Waals surface area contributed by atoms with E-state index in [1.807, 2.05) is 12.5 Å². The molecule has 96 valence electrons. The molecular formula is C13H23N3O. The number of unbranched alkanes of at least 4 members (excludes halogenated alkanes) is 3. The molecule has 1 aliphatic heterocycles. The smallest absolute Gasteiger partial charge is 0.111 e. The minimum Gasteiger partial charge on any atom is -0.369 e. The van der Waals surface area contributed by atoms with Crippen LogP contribution >= 0.6 is 0 Å². The van der Waals surface area contributed by atoms with Crippen LogP contribution in [0.5, 0.6) is 0 Å². The normalized spacial score (nSPS) is 20.6. The summed E-state index contributed by atoms with van der Waals surface area (Å²) in [5.74, 6) is 0. The average molecular weight is 237 g/mol. The van der Waals surface area contributed by atoms with Gasteiger partial charge >= 0.3 is 0 Å². The van der Waals surface area contributed by atoms with Crippen LogP contribution in [0.15, 0.2) is 12.5 Å². The minimum atomic E-state index is 0.178. The Bertz CT molecular complexity index is 318. The fourth-order valence-electron chi connectivity index (χ4n) is 2.25. The average Bonchev–Trinajstić information content (AvgIpc) is 2.84. The van der Waals surface area contributed by atoms with Gasteiger partial charge in [-0.2, -0.15) is 0 Å². The zero-order valence-corrected chi connectivity index (χ0v) is 10.7. The Balaban J connectivity index is 1.87. The van der Waals surface area contributed by atoms with Crippen LogP contribution in [-0.4, -0.2) is 29.2 Å². The van der Waals surface area contributed by atoms with Crippen LogP contribution in [0.3, 0.4) is 0 Å². The highest BCUT2D eigenvalue weighted by atomic mass is 16.5. The van der Waals surface area contributed by atoms with Gasteiger partial charge in [-0.25, -0.2) is 4.98 Å². The van der Waals surface area contributed by atoms with Crippen molar-refractivity contribution < 1.29 is 4.74 Å². The first-order valence-electron chi connectivity index (χ1n) is 6.74. The van der Waals surface area contributed by atoms with Gasteiger partial charge in [0.2, 0.25) is 0 Å². The first kappa shape index (κ1) is 12.6. The molecule has 0 radical (unpaired) electrons. The second-order valence-electron chi connectivity index (χ2n) is 4.64. The van der Waals surface area contributed by atoms with Gasteiger partial charge in [0.25, 0.3) is 0 Å². The molecule has 2 heterocycles. The number of ether oxygens (including phenoxy) is 1. The molecule has 1 saturated heterocycles. The van der Waals surface area contributed by atoms with Crippen molar-refractivity contribution in [3.05, 3.63) is 18.2 Å². The van der Waals surface area contributed by atoms with Gasteiger partial charge < -0.3 is 14.6 Å². The number of aromatic nitrogens is 2. The van der Waals surface area contributed by atoms with Crippen molar-refractivity contribution in [2.75, 3.05) is 19.7 Å². The Morgan fingerprint density at radius 2 is 2.41 bits per heavy atom. The zero-order chi connectivity index (χ0) is 11.9. The van der Waals surface area contributed by atoms with Crippen molar-refractivity contribution in [1.82, 2.24) is 14.9 Å². The molecule has 1 aromatic rings. The van der Waals surface area contributed by atoms with E-state index in [4.69, 9.17) is 4.74 Å². The number of hydrogen-bond acceptors (Lipinski definition) is 3. The zero-order valence-electron chi connectivity index (χ0n) is 10.7. The Kier molecular flexibility index (Phi) is 5.01. The van der Waals surface area contributed by atoms with Crippen molar-refractivity contribution in [1.29, 1.82) is 0 Å². The number of aryl methyl sites for hydroxylation is 1. The lowest BCUT2D eigenvalue weighted by Crippen LogP contribution is -2.34. The fourth-order valence-corrected chi connectivity index (χ4v) is 2.25. The van der Waals surface area contributed by atoms with Crippen molar-refractivity contribution in [2.24, 2.45) is 0 Å². The summed E-state index contributed by atoms with van der Waals surface area (Å²) in [6.45, 7) is 5.97. The third-order valence-corrected chi connectivity index (χ3v) is 3.25. The Morgan fingerprint density at radius 3 is 3.18 bits per heavy atom. The number of hydrogen-bond donors (Lipinski definition) is 1. The van der Waals surface area contributed by atoms with Crippen molar-refractivity contribution in [3.8, 4) is 0 Å².